The summed E-state index contributed by atoms with van der Waals surface area (Å²) in [5.74, 6) is -1.99. The highest BCUT2D eigenvalue weighted by atomic mass is 16.6. The van der Waals surface area contributed by atoms with Gasteiger partial charge in [-0.1, -0.05) is 93.2 Å². The van der Waals surface area contributed by atoms with Crippen LogP contribution in [0.2, 0.25) is 0 Å². The number of esters is 4. The number of amides is 1. The number of nitrogens with zero attached hydrogens (tertiary/aromatic N) is 1. The standard InChI is InChI=1S/C45H78N2O10.C11H18O2/c1-6-8-10-13-22-40(57-45(52)46-29-32-47-30-17-18-31-47)26-27-44(51)56-36-39(34-54-42(49)24-14-11-9-7-2)35-55-43(50)25-16-12-15-23-41(48)53-33-28-38(5)21-19-20-37(3)4;1-10(2)5-4-6-11(3)7-8-13-9-12/h20,28,39-40H,6-19,21-27,29-36H2,1-5H3,(H,46,52);5,7,9H,4,6,8H2,1-3H3/b38-28-;11-7-. The molecule has 70 heavy (non-hydrogen) atoms. The van der Waals surface area contributed by atoms with Crippen molar-refractivity contribution >= 4 is 36.4 Å². The van der Waals surface area contributed by atoms with E-state index in [4.69, 9.17) is 23.7 Å². The number of carbonyl (C=O) groups excluding carboxylic acids is 6. The smallest absolute Gasteiger partial charge is 0.407 e. The molecule has 0 aromatic heterocycles. The number of likely N-dealkylation sites (tertiary alicyclic amines) is 1. The second-order valence-corrected chi connectivity index (χ2v) is 19.0. The van der Waals surface area contributed by atoms with Gasteiger partial charge < -0.3 is 38.6 Å². The van der Waals surface area contributed by atoms with Gasteiger partial charge in [0.05, 0.1) is 5.92 Å². The Balaban J connectivity index is 0.00000317. The summed E-state index contributed by atoms with van der Waals surface area (Å²) < 4.78 is 32.2. The van der Waals surface area contributed by atoms with Crippen LogP contribution < -0.4 is 5.32 Å². The molecule has 0 aromatic carbocycles. The molecule has 0 aromatic rings. The van der Waals surface area contributed by atoms with Gasteiger partial charge in [-0.15, -0.1) is 0 Å². The fraction of sp³-hybridized carbons (Fsp3) is 0.750. The van der Waals surface area contributed by atoms with Crippen molar-refractivity contribution in [1.82, 2.24) is 10.2 Å². The van der Waals surface area contributed by atoms with Crippen molar-refractivity contribution in [3.05, 3.63) is 46.6 Å². The van der Waals surface area contributed by atoms with Crippen molar-refractivity contribution in [3.8, 4) is 0 Å². The third kappa shape index (κ3) is 43.6. The quantitative estimate of drug-likeness (QED) is 0.0202. The number of unbranched alkanes of at least 4 members (excludes halogenated alkanes) is 8. The molecule has 14 nitrogen and oxygen atoms in total. The number of carbonyl (C=O) groups is 6. The number of ether oxygens (including phenoxy) is 6. The van der Waals surface area contributed by atoms with Gasteiger partial charge in [-0.05, 0) is 144 Å². The molecule has 2 atom stereocenters. The molecule has 0 radical (unpaired) electrons. The van der Waals surface area contributed by atoms with Crippen LogP contribution in [0.5, 0.6) is 0 Å². The number of alkyl carbamates (subject to hydrolysis) is 1. The van der Waals surface area contributed by atoms with Gasteiger partial charge in [0.15, 0.2) is 0 Å². The van der Waals surface area contributed by atoms with Crippen LogP contribution in [-0.4, -0.2) is 107 Å². The lowest BCUT2D eigenvalue weighted by molar-refractivity contribution is -0.154. The molecule has 14 heteroatoms. The molecular weight excluding hydrogens is 893 g/mol. The third-order valence-electron chi connectivity index (χ3n) is 11.6. The molecule has 1 fully saturated rings. The highest BCUT2D eigenvalue weighted by molar-refractivity contribution is 5.71. The molecule has 1 aliphatic heterocycles. The van der Waals surface area contributed by atoms with E-state index in [-0.39, 0.29) is 57.6 Å². The van der Waals surface area contributed by atoms with Gasteiger partial charge >= 0.3 is 30.0 Å². The van der Waals surface area contributed by atoms with Gasteiger partial charge in [0.1, 0.15) is 39.1 Å². The Morgan fingerprint density at radius 2 is 1.01 bits per heavy atom. The summed E-state index contributed by atoms with van der Waals surface area (Å²) in [6, 6.07) is 0. The molecule has 0 aliphatic carbocycles. The van der Waals surface area contributed by atoms with Crippen molar-refractivity contribution in [2.45, 2.75) is 209 Å². The highest BCUT2D eigenvalue weighted by Crippen LogP contribution is 2.16. The monoisotopic (exact) mass is 989 g/mol. The predicted octanol–water partition coefficient (Wildman–Crippen LogP) is 12.2. The lowest BCUT2D eigenvalue weighted by atomic mass is 10.1. The molecular formula is C56H96N2O12. The van der Waals surface area contributed by atoms with Crippen LogP contribution in [0.25, 0.3) is 0 Å². The van der Waals surface area contributed by atoms with E-state index in [1.807, 2.05) is 26.0 Å². The minimum Gasteiger partial charge on any atom is -0.465 e. The summed E-state index contributed by atoms with van der Waals surface area (Å²) in [6.07, 6.45) is 25.4. The van der Waals surface area contributed by atoms with E-state index in [9.17, 15) is 28.8 Å². The Morgan fingerprint density at radius 3 is 1.51 bits per heavy atom. The van der Waals surface area contributed by atoms with E-state index in [0.29, 0.717) is 58.1 Å². The number of hydrogen-bond donors (Lipinski definition) is 1. The molecule has 1 saturated heterocycles. The topological polar surface area (TPSA) is 173 Å². The molecule has 1 N–H and O–H groups in total. The summed E-state index contributed by atoms with van der Waals surface area (Å²) in [6.45, 7) is 21.0. The van der Waals surface area contributed by atoms with Crippen molar-refractivity contribution in [1.29, 1.82) is 0 Å². The van der Waals surface area contributed by atoms with E-state index < -0.39 is 30.1 Å². The molecule has 0 bridgehead atoms. The first-order valence-corrected chi connectivity index (χ1v) is 26.6. The van der Waals surface area contributed by atoms with Gasteiger partial charge in [0.25, 0.3) is 6.47 Å². The normalized spacial score (nSPS) is 13.4. The number of rotatable bonds is 40. The molecule has 1 aliphatic rings. The van der Waals surface area contributed by atoms with E-state index in [0.717, 1.165) is 96.7 Å². The highest BCUT2D eigenvalue weighted by Gasteiger charge is 2.21. The zero-order valence-electron chi connectivity index (χ0n) is 45.0. The van der Waals surface area contributed by atoms with Crippen LogP contribution in [0.1, 0.15) is 203 Å². The summed E-state index contributed by atoms with van der Waals surface area (Å²) in [4.78, 5) is 74.7. The molecule has 0 saturated carbocycles. The maximum Gasteiger partial charge on any atom is 0.407 e. The Labute approximate surface area is 423 Å². The van der Waals surface area contributed by atoms with E-state index in [2.05, 4.69) is 68.6 Å². The summed E-state index contributed by atoms with van der Waals surface area (Å²) in [5.41, 5.74) is 5.09. The maximum absolute atomic E-state index is 12.9. The van der Waals surface area contributed by atoms with Crippen LogP contribution in [0.3, 0.4) is 0 Å². The molecule has 1 amide bonds. The van der Waals surface area contributed by atoms with Gasteiger partial charge in [0.2, 0.25) is 0 Å². The van der Waals surface area contributed by atoms with Crippen LogP contribution >= 0.6 is 0 Å². The maximum atomic E-state index is 12.9. The van der Waals surface area contributed by atoms with Crippen LogP contribution in [0, 0.1) is 5.92 Å². The molecule has 0 spiro atoms. The Kier molecular flexibility index (Phi) is 42.8. The van der Waals surface area contributed by atoms with Gasteiger partial charge in [-0.2, -0.15) is 0 Å². The van der Waals surface area contributed by atoms with Crippen molar-refractivity contribution < 1.29 is 57.2 Å². The van der Waals surface area contributed by atoms with Crippen molar-refractivity contribution in [3.63, 3.8) is 0 Å². The summed E-state index contributed by atoms with van der Waals surface area (Å²) in [7, 11) is 0. The molecule has 1 heterocycles. The van der Waals surface area contributed by atoms with Crippen LogP contribution in [-0.2, 0) is 52.4 Å². The van der Waals surface area contributed by atoms with Gasteiger partial charge in [-0.3, -0.25) is 24.0 Å². The lowest BCUT2D eigenvalue weighted by Crippen LogP contribution is -2.35. The zero-order valence-corrected chi connectivity index (χ0v) is 45.0. The first-order chi connectivity index (χ1) is 33.7. The van der Waals surface area contributed by atoms with Gasteiger partial charge in [0, 0.05) is 38.8 Å². The van der Waals surface area contributed by atoms with Crippen molar-refractivity contribution in [2.24, 2.45) is 5.92 Å². The Bertz CT molecular complexity index is 1540. The number of nitrogens with one attached hydrogen (secondary N) is 1. The fourth-order valence-electron chi connectivity index (χ4n) is 7.22. The second kappa shape index (κ2) is 45.7. The summed E-state index contributed by atoms with van der Waals surface area (Å²) in [5, 5.41) is 2.85. The Morgan fingerprint density at radius 1 is 0.543 bits per heavy atom. The number of hydrogen-bond acceptors (Lipinski definition) is 13. The van der Waals surface area contributed by atoms with E-state index >= 15 is 0 Å². The van der Waals surface area contributed by atoms with Crippen LogP contribution in [0.4, 0.5) is 4.79 Å². The third-order valence-corrected chi connectivity index (χ3v) is 11.6. The minimum atomic E-state index is -0.528. The largest absolute Gasteiger partial charge is 0.465 e. The first kappa shape index (κ1) is 65.5. The fourth-order valence-corrected chi connectivity index (χ4v) is 7.22. The SMILES string of the molecule is CC(C)=CCC/C(C)=C\COC=O.CCCCCCC(=O)OCC(COC(=O)CCCCCC(=O)OC/C=C(/C)CCC=C(C)C)COC(=O)CCC(CCCCCC)OC(=O)NCCN1CCCC1. The summed E-state index contributed by atoms with van der Waals surface area (Å²) >= 11 is 0. The van der Waals surface area contributed by atoms with Crippen molar-refractivity contribution in [2.75, 3.05) is 59.2 Å². The average Bonchev–Trinajstić information content (AvgIpc) is 3.84. The average molecular weight is 989 g/mol. The van der Waals surface area contributed by atoms with Gasteiger partial charge in [-0.25, -0.2) is 4.79 Å². The minimum absolute atomic E-state index is 0.0414. The molecule has 1 rings (SSSR count). The molecule has 402 valence electrons. The predicted molar refractivity (Wildman–Crippen MR) is 278 cm³/mol. The first-order valence-electron chi connectivity index (χ1n) is 26.6. The van der Waals surface area contributed by atoms with E-state index in [1.165, 1.54) is 35.1 Å². The zero-order chi connectivity index (χ0) is 52.0. The number of allylic oxidation sites excluding steroid dienone is 6. The van der Waals surface area contributed by atoms with E-state index in [1.54, 1.807) is 0 Å². The van der Waals surface area contributed by atoms with Crippen LogP contribution in [0.15, 0.2) is 46.6 Å². The lowest BCUT2D eigenvalue weighted by Gasteiger charge is -2.20. The Hall–Kier alpha value is -4.46. The molecule has 2 unspecified atom stereocenters. The second-order valence-electron chi connectivity index (χ2n) is 19.0.